The molecule has 0 heterocycles. The van der Waals surface area contributed by atoms with Gasteiger partial charge in [0, 0.05) is 6.61 Å². The Labute approximate surface area is 122 Å². The van der Waals surface area contributed by atoms with E-state index in [4.69, 9.17) is 14.2 Å². The number of benzene rings is 1. The van der Waals surface area contributed by atoms with Crippen LogP contribution in [0.15, 0.2) is 24.3 Å². The van der Waals surface area contributed by atoms with Crippen molar-refractivity contribution in [3.05, 3.63) is 29.8 Å². The van der Waals surface area contributed by atoms with Crippen LogP contribution >= 0.6 is 0 Å². The van der Waals surface area contributed by atoms with E-state index in [9.17, 15) is 0 Å². The first-order chi connectivity index (χ1) is 9.81. The number of hydrogen-bond donors (Lipinski definition) is 1. The van der Waals surface area contributed by atoms with Gasteiger partial charge in [-0.25, -0.2) is 0 Å². The zero-order valence-corrected chi connectivity index (χ0v) is 12.9. The smallest absolute Gasteiger partial charge is 0.119 e. The molecule has 4 heteroatoms. The first-order valence-electron chi connectivity index (χ1n) is 7.34. The van der Waals surface area contributed by atoms with Crippen LogP contribution < -0.4 is 10.1 Å². The van der Waals surface area contributed by atoms with Crippen LogP contribution in [0.2, 0.25) is 0 Å². The van der Waals surface area contributed by atoms with E-state index in [1.54, 1.807) is 7.11 Å². The van der Waals surface area contributed by atoms with Crippen LogP contribution in [-0.4, -0.2) is 40.1 Å². The Bertz CT molecular complexity index is 357. The molecule has 0 aliphatic rings. The van der Waals surface area contributed by atoms with E-state index in [0.29, 0.717) is 19.8 Å². The number of hydrogen-bond acceptors (Lipinski definition) is 4. The number of rotatable bonds is 11. The molecule has 0 aliphatic carbocycles. The summed E-state index contributed by atoms with van der Waals surface area (Å²) in [5, 5.41) is 3.51. The Balaban J connectivity index is 2.53. The summed E-state index contributed by atoms with van der Waals surface area (Å²) in [6.07, 6.45) is 1.10. The van der Waals surface area contributed by atoms with Gasteiger partial charge < -0.3 is 19.5 Å². The Morgan fingerprint density at radius 1 is 1.15 bits per heavy atom. The molecule has 1 unspecified atom stereocenters. The Hall–Kier alpha value is -1.10. The second-order valence-electron chi connectivity index (χ2n) is 4.56. The SMILES string of the molecule is CCCNC(COCCOCC)c1cccc(OC)c1. The van der Waals surface area contributed by atoms with Crippen molar-refractivity contribution in [3.8, 4) is 5.75 Å². The lowest BCUT2D eigenvalue weighted by atomic mass is 10.1. The van der Waals surface area contributed by atoms with E-state index < -0.39 is 0 Å². The summed E-state index contributed by atoms with van der Waals surface area (Å²) in [4.78, 5) is 0. The lowest BCUT2D eigenvalue weighted by Crippen LogP contribution is -2.27. The second kappa shape index (κ2) is 10.7. The molecule has 0 bridgehead atoms. The predicted octanol–water partition coefficient (Wildman–Crippen LogP) is 2.79. The average molecular weight is 281 g/mol. The first-order valence-corrected chi connectivity index (χ1v) is 7.34. The Morgan fingerprint density at radius 2 is 1.95 bits per heavy atom. The van der Waals surface area contributed by atoms with Gasteiger partial charge in [0.25, 0.3) is 0 Å². The Morgan fingerprint density at radius 3 is 2.65 bits per heavy atom. The third-order valence-electron chi connectivity index (χ3n) is 3.00. The van der Waals surface area contributed by atoms with E-state index in [1.807, 2.05) is 19.1 Å². The van der Waals surface area contributed by atoms with E-state index >= 15 is 0 Å². The van der Waals surface area contributed by atoms with Crippen molar-refractivity contribution >= 4 is 0 Å². The normalized spacial score (nSPS) is 12.3. The van der Waals surface area contributed by atoms with Gasteiger partial charge in [-0.05, 0) is 37.6 Å². The molecule has 1 rings (SSSR count). The highest BCUT2D eigenvalue weighted by molar-refractivity contribution is 5.30. The lowest BCUT2D eigenvalue weighted by Gasteiger charge is -2.19. The van der Waals surface area contributed by atoms with Gasteiger partial charge in [0.1, 0.15) is 5.75 Å². The van der Waals surface area contributed by atoms with Gasteiger partial charge in [-0.3, -0.25) is 0 Å². The predicted molar refractivity (Wildman–Crippen MR) is 81.3 cm³/mol. The topological polar surface area (TPSA) is 39.7 Å². The standard InChI is InChI=1S/C16H27NO3/c1-4-9-17-16(13-20-11-10-19-5-2)14-7-6-8-15(12-14)18-3/h6-8,12,16-17H,4-5,9-11,13H2,1-3H3. The molecular formula is C16H27NO3. The van der Waals surface area contributed by atoms with E-state index in [1.165, 1.54) is 5.56 Å². The molecular weight excluding hydrogens is 254 g/mol. The first kappa shape index (κ1) is 17.0. The van der Waals surface area contributed by atoms with Crippen molar-refractivity contribution in [1.82, 2.24) is 5.32 Å². The molecule has 0 saturated heterocycles. The third kappa shape index (κ3) is 6.37. The summed E-state index contributed by atoms with van der Waals surface area (Å²) in [6, 6.07) is 8.30. The monoisotopic (exact) mass is 281 g/mol. The molecule has 0 aliphatic heterocycles. The highest BCUT2D eigenvalue weighted by atomic mass is 16.5. The molecule has 0 amide bonds. The van der Waals surface area contributed by atoms with Gasteiger partial charge >= 0.3 is 0 Å². The van der Waals surface area contributed by atoms with E-state index in [-0.39, 0.29) is 6.04 Å². The molecule has 1 aromatic rings. The summed E-state index contributed by atoms with van der Waals surface area (Å²) in [6.45, 7) is 7.76. The van der Waals surface area contributed by atoms with Crippen molar-refractivity contribution < 1.29 is 14.2 Å². The van der Waals surface area contributed by atoms with E-state index in [2.05, 4.69) is 24.4 Å². The largest absolute Gasteiger partial charge is 0.497 e. The van der Waals surface area contributed by atoms with Gasteiger partial charge in [-0.1, -0.05) is 19.1 Å². The summed E-state index contributed by atoms with van der Waals surface area (Å²) < 4.78 is 16.2. The number of ether oxygens (including phenoxy) is 3. The third-order valence-corrected chi connectivity index (χ3v) is 3.00. The minimum Gasteiger partial charge on any atom is -0.497 e. The minimum atomic E-state index is 0.187. The van der Waals surface area contributed by atoms with Crippen molar-refractivity contribution in [2.45, 2.75) is 26.3 Å². The zero-order chi connectivity index (χ0) is 14.6. The maximum Gasteiger partial charge on any atom is 0.119 e. The van der Waals surface area contributed by atoms with Crippen LogP contribution in [-0.2, 0) is 9.47 Å². The molecule has 0 fully saturated rings. The average Bonchev–Trinajstić information content (AvgIpc) is 2.50. The van der Waals surface area contributed by atoms with Crippen molar-refractivity contribution in [1.29, 1.82) is 0 Å². The van der Waals surface area contributed by atoms with Gasteiger partial charge in [0.2, 0.25) is 0 Å². The fraction of sp³-hybridized carbons (Fsp3) is 0.625. The summed E-state index contributed by atoms with van der Waals surface area (Å²) in [7, 11) is 1.69. The fourth-order valence-corrected chi connectivity index (χ4v) is 1.91. The van der Waals surface area contributed by atoms with Crippen LogP contribution in [0.25, 0.3) is 0 Å². The van der Waals surface area contributed by atoms with Gasteiger partial charge in [0.05, 0.1) is 33.0 Å². The zero-order valence-electron chi connectivity index (χ0n) is 12.9. The molecule has 1 aromatic carbocycles. The number of nitrogens with one attached hydrogen (secondary N) is 1. The van der Waals surface area contributed by atoms with Crippen LogP contribution in [0.5, 0.6) is 5.75 Å². The molecule has 20 heavy (non-hydrogen) atoms. The molecule has 0 aromatic heterocycles. The van der Waals surface area contributed by atoms with Gasteiger partial charge in [-0.2, -0.15) is 0 Å². The molecule has 1 N–H and O–H groups in total. The van der Waals surface area contributed by atoms with Gasteiger partial charge in [-0.15, -0.1) is 0 Å². The van der Waals surface area contributed by atoms with Crippen LogP contribution in [0.1, 0.15) is 31.9 Å². The van der Waals surface area contributed by atoms with Crippen molar-refractivity contribution in [3.63, 3.8) is 0 Å². The fourth-order valence-electron chi connectivity index (χ4n) is 1.91. The number of methoxy groups -OCH3 is 1. The molecule has 0 saturated carbocycles. The van der Waals surface area contributed by atoms with Gasteiger partial charge in [0.15, 0.2) is 0 Å². The Kier molecular flexibility index (Phi) is 9.04. The molecule has 114 valence electrons. The minimum absolute atomic E-state index is 0.187. The van der Waals surface area contributed by atoms with Crippen molar-refractivity contribution in [2.75, 3.05) is 40.1 Å². The van der Waals surface area contributed by atoms with Crippen LogP contribution in [0.3, 0.4) is 0 Å². The maximum atomic E-state index is 5.69. The van der Waals surface area contributed by atoms with Crippen molar-refractivity contribution in [2.24, 2.45) is 0 Å². The molecule has 4 nitrogen and oxygen atoms in total. The maximum absolute atomic E-state index is 5.69. The van der Waals surface area contributed by atoms with E-state index in [0.717, 1.165) is 25.3 Å². The quantitative estimate of drug-likeness (QED) is 0.633. The summed E-state index contributed by atoms with van der Waals surface area (Å²) in [5.41, 5.74) is 1.19. The highest BCUT2D eigenvalue weighted by Crippen LogP contribution is 2.19. The lowest BCUT2D eigenvalue weighted by molar-refractivity contribution is 0.0433. The van der Waals surface area contributed by atoms with Crippen LogP contribution in [0.4, 0.5) is 0 Å². The van der Waals surface area contributed by atoms with Crippen LogP contribution in [0, 0.1) is 0 Å². The molecule has 0 spiro atoms. The molecule has 1 atom stereocenters. The molecule has 0 radical (unpaired) electrons. The second-order valence-corrected chi connectivity index (χ2v) is 4.56. The highest BCUT2D eigenvalue weighted by Gasteiger charge is 2.11. The summed E-state index contributed by atoms with van der Waals surface area (Å²) >= 11 is 0. The summed E-state index contributed by atoms with van der Waals surface area (Å²) in [5.74, 6) is 0.875.